The largest absolute Gasteiger partial charge is 0.550 e. The van der Waals surface area contributed by atoms with Crippen LogP contribution >= 0.6 is 0 Å². The standard InChI is InChI=1S/C19H14F3OS.C2H4O2/c1-23-19-15(20)12-16(17(21)18(19)22)24(13-8-4-2-5-9-13)14-10-6-3-7-11-14;1-2(3)4/h2-12H,1H3;1H3,(H,3,4)/q+1;/p-1. The molecule has 7 heteroatoms. The van der Waals surface area contributed by atoms with E-state index < -0.39 is 40.1 Å². The zero-order valence-electron chi connectivity index (χ0n) is 15.1. The number of ether oxygens (including phenoxy) is 1. The number of rotatable bonds is 4. The molecule has 146 valence electrons. The fraction of sp³-hybridized carbons (Fsp3) is 0.0952. The molecule has 0 aliphatic rings. The molecule has 3 aromatic carbocycles. The van der Waals surface area contributed by atoms with E-state index in [1.807, 2.05) is 60.7 Å². The van der Waals surface area contributed by atoms with Crippen molar-refractivity contribution in [1.29, 1.82) is 0 Å². The van der Waals surface area contributed by atoms with E-state index in [9.17, 15) is 13.2 Å². The summed E-state index contributed by atoms with van der Waals surface area (Å²) in [5.41, 5.74) is 0. The minimum Gasteiger partial charge on any atom is -0.550 e. The molecule has 28 heavy (non-hydrogen) atoms. The molecule has 0 atom stereocenters. The second-order valence-electron chi connectivity index (χ2n) is 5.44. The molecule has 3 nitrogen and oxygen atoms in total. The Morgan fingerprint density at radius 2 is 1.32 bits per heavy atom. The van der Waals surface area contributed by atoms with Gasteiger partial charge in [-0.05, 0) is 31.2 Å². The van der Waals surface area contributed by atoms with Crippen LogP contribution in [0.2, 0.25) is 0 Å². The van der Waals surface area contributed by atoms with Crippen molar-refractivity contribution in [3.05, 3.63) is 84.2 Å². The van der Waals surface area contributed by atoms with Crippen molar-refractivity contribution < 1.29 is 27.8 Å². The molecular formula is C21H17F3O3S. The van der Waals surface area contributed by atoms with E-state index in [0.29, 0.717) is 0 Å². The zero-order chi connectivity index (χ0) is 20.7. The van der Waals surface area contributed by atoms with Crippen LogP contribution in [-0.2, 0) is 15.7 Å². The van der Waals surface area contributed by atoms with Gasteiger partial charge in [0.15, 0.2) is 21.4 Å². The maximum Gasteiger partial charge on any atom is 0.218 e. The van der Waals surface area contributed by atoms with Crippen molar-refractivity contribution in [2.45, 2.75) is 21.6 Å². The van der Waals surface area contributed by atoms with Crippen molar-refractivity contribution in [2.24, 2.45) is 0 Å². The second kappa shape index (κ2) is 9.85. The lowest BCUT2D eigenvalue weighted by Gasteiger charge is -2.11. The average molecular weight is 406 g/mol. The monoisotopic (exact) mass is 406 g/mol. The van der Waals surface area contributed by atoms with Crippen LogP contribution in [0.3, 0.4) is 0 Å². The Labute approximate surface area is 163 Å². The molecule has 0 aliphatic carbocycles. The molecule has 0 spiro atoms. The van der Waals surface area contributed by atoms with E-state index in [1.165, 1.54) is 0 Å². The topological polar surface area (TPSA) is 49.4 Å². The van der Waals surface area contributed by atoms with Crippen LogP contribution in [0, 0.1) is 17.5 Å². The predicted octanol–water partition coefficient (Wildman–Crippen LogP) is 3.96. The first-order valence-corrected chi connectivity index (χ1v) is 9.32. The van der Waals surface area contributed by atoms with Gasteiger partial charge in [-0.15, -0.1) is 0 Å². The Bertz CT molecular complexity index is 891. The maximum absolute atomic E-state index is 14.6. The number of carbonyl (C=O) groups is 1. The first-order chi connectivity index (χ1) is 13.4. The fourth-order valence-corrected chi connectivity index (χ4v) is 4.52. The smallest absolute Gasteiger partial charge is 0.218 e. The Kier molecular flexibility index (Phi) is 7.52. The van der Waals surface area contributed by atoms with Gasteiger partial charge in [0.05, 0.1) is 7.11 Å². The molecule has 0 radical (unpaired) electrons. The van der Waals surface area contributed by atoms with E-state index in [4.69, 9.17) is 9.90 Å². The van der Waals surface area contributed by atoms with Gasteiger partial charge < -0.3 is 14.6 Å². The number of carbonyl (C=O) groups excluding carboxylic acids is 1. The molecular weight excluding hydrogens is 389 g/mol. The van der Waals surface area contributed by atoms with Gasteiger partial charge in [-0.3, -0.25) is 0 Å². The van der Waals surface area contributed by atoms with E-state index in [-0.39, 0.29) is 4.90 Å². The lowest BCUT2D eigenvalue weighted by Crippen LogP contribution is -2.16. The Morgan fingerprint density at radius 1 is 0.893 bits per heavy atom. The molecule has 0 saturated heterocycles. The number of hydrogen-bond acceptors (Lipinski definition) is 3. The maximum atomic E-state index is 14.6. The lowest BCUT2D eigenvalue weighted by molar-refractivity contribution is -0.302. The van der Waals surface area contributed by atoms with Crippen molar-refractivity contribution in [3.63, 3.8) is 0 Å². The highest BCUT2D eigenvalue weighted by atomic mass is 32.2. The third kappa shape index (κ3) is 5.07. The summed E-state index contributed by atoms with van der Waals surface area (Å²) < 4.78 is 47.6. The zero-order valence-corrected chi connectivity index (χ0v) is 15.9. The number of aliphatic carboxylic acids is 1. The van der Waals surface area contributed by atoms with Crippen molar-refractivity contribution >= 4 is 16.9 Å². The van der Waals surface area contributed by atoms with Crippen molar-refractivity contribution in [2.75, 3.05) is 7.11 Å². The van der Waals surface area contributed by atoms with Gasteiger partial charge in [-0.2, -0.15) is 8.78 Å². The van der Waals surface area contributed by atoms with Gasteiger partial charge in [-0.1, -0.05) is 36.4 Å². The SMILES string of the molecule is CC(=O)[O-].COc1c(F)cc([S+](c2ccccc2)c2ccccc2)c(F)c1F. The summed E-state index contributed by atoms with van der Waals surface area (Å²) in [4.78, 5) is 10.4. The summed E-state index contributed by atoms with van der Waals surface area (Å²) in [6.45, 7) is 0.972. The summed E-state index contributed by atoms with van der Waals surface area (Å²) in [7, 11) is 0.138. The lowest BCUT2D eigenvalue weighted by atomic mass is 10.3. The minimum absolute atomic E-state index is 0.0387. The van der Waals surface area contributed by atoms with Crippen LogP contribution in [0.25, 0.3) is 0 Å². The van der Waals surface area contributed by atoms with Crippen LogP contribution < -0.4 is 9.84 Å². The molecule has 0 heterocycles. The first kappa shape index (κ1) is 21.4. The van der Waals surface area contributed by atoms with Crippen LogP contribution in [0.1, 0.15) is 6.92 Å². The number of carboxylic acids is 1. The summed E-state index contributed by atoms with van der Waals surface area (Å²) >= 11 is 0. The minimum atomic E-state index is -1.31. The molecule has 0 aromatic heterocycles. The third-order valence-electron chi connectivity index (χ3n) is 3.46. The number of hydrogen-bond donors (Lipinski definition) is 0. The molecule has 3 aromatic rings. The summed E-state index contributed by atoms with van der Waals surface area (Å²) in [6, 6.07) is 19.2. The number of halogens is 3. The summed E-state index contributed by atoms with van der Waals surface area (Å²) in [5.74, 6) is -5.11. The molecule has 0 saturated carbocycles. The van der Waals surface area contributed by atoms with Crippen molar-refractivity contribution in [3.8, 4) is 5.75 Å². The van der Waals surface area contributed by atoms with Crippen LogP contribution in [0.15, 0.2) is 81.4 Å². The normalized spacial score (nSPS) is 10.2. The Balaban J connectivity index is 0.000000640. The van der Waals surface area contributed by atoms with Crippen LogP contribution in [0.5, 0.6) is 5.75 Å². The number of benzene rings is 3. The average Bonchev–Trinajstić information content (AvgIpc) is 2.68. The van der Waals surface area contributed by atoms with E-state index in [1.54, 1.807) is 0 Å². The Hall–Kier alpha value is -2.93. The van der Waals surface area contributed by atoms with E-state index in [0.717, 1.165) is 29.9 Å². The highest BCUT2D eigenvalue weighted by molar-refractivity contribution is 7.97. The summed E-state index contributed by atoms with van der Waals surface area (Å²) in [5, 5.41) is 8.89. The van der Waals surface area contributed by atoms with Crippen LogP contribution in [0.4, 0.5) is 13.2 Å². The van der Waals surface area contributed by atoms with Gasteiger partial charge in [0.1, 0.15) is 10.9 Å². The van der Waals surface area contributed by atoms with Gasteiger partial charge in [0.2, 0.25) is 16.5 Å². The van der Waals surface area contributed by atoms with Gasteiger partial charge >= 0.3 is 0 Å². The highest BCUT2D eigenvalue weighted by Gasteiger charge is 2.35. The molecule has 0 aliphatic heterocycles. The Morgan fingerprint density at radius 3 is 1.71 bits per heavy atom. The molecule has 0 unspecified atom stereocenters. The number of carboxylic acid groups (broad SMARTS) is 1. The molecule has 3 rings (SSSR count). The summed E-state index contributed by atoms with van der Waals surface area (Å²) in [6.07, 6.45) is 0. The van der Waals surface area contributed by atoms with Crippen molar-refractivity contribution in [1.82, 2.24) is 0 Å². The molecule has 0 bridgehead atoms. The second-order valence-corrected chi connectivity index (χ2v) is 7.44. The quantitative estimate of drug-likeness (QED) is 0.487. The number of methoxy groups -OCH3 is 1. The fourth-order valence-electron chi connectivity index (χ4n) is 2.40. The van der Waals surface area contributed by atoms with Gasteiger partial charge in [0, 0.05) is 12.0 Å². The predicted molar refractivity (Wildman–Crippen MR) is 98.6 cm³/mol. The van der Waals surface area contributed by atoms with Gasteiger partial charge in [0.25, 0.3) is 0 Å². The van der Waals surface area contributed by atoms with E-state index >= 15 is 0 Å². The van der Waals surface area contributed by atoms with Gasteiger partial charge in [-0.25, -0.2) is 4.39 Å². The third-order valence-corrected chi connectivity index (χ3v) is 5.69. The molecule has 0 fully saturated rings. The molecule has 0 N–H and O–H groups in total. The molecule has 0 amide bonds. The van der Waals surface area contributed by atoms with E-state index in [2.05, 4.69) is 4.74 Å². The van der Waals surface area contributed by atoms with Crippen LogP contribution in [-0.4, -0.2) is 13.1 Å². The first-order valence-electron chi connectivity index (χ1n) is 8.10. The highest BCUT2D eigenvalue weighted by Crippen LogP contribution is 2.36.